The summed E-state index contributed by atoms with van der Waals surface area (Å²) in [6.07, 6.45) is 3.09. The maximum atomic E-state index is 4.52. The molecule has 0 aromatic carbocycles. The van der Waals surface area contributed by atoms with Gasteiger partial charge in [-0.3, -0.25) is 0 Å². The molecule has 0 unspecified atom stereocenters. The molecule has 1 N–H and O–H groups in total. The van der Waals surface area contributed by atoms with Crippen LogP contribution in [0.1, 0.15) is 13.3 Å². The van der Waals surface area contributed by atoms with Gasteiger partial charge in [-0.05, 0) is 24.1 Å². The number of thiophene rings is 1. The molecule has 6 heteroatoms. The third-order valence-corrected chi connectivity index (χ3v) is 4.62. The molecule has 0 bridgehead atoms. The Hall–Kier alpha value is -0.720. The summed E-state index contributed by atoms with van der Waals surface area (Å²) in [4.78, 5) is 8.97. The number of nitrogens with zero attached hydrogens (tertiary/aromatic N) is 2. The first-order valence-corrected chi connectivity index (χ1v) is 8.62. The Labute approximate surface area is 120 Å². The second-order valence-electron chi connectivity index (χ2n) is 3.54. The van der Waals surface area contributed by atoms with Crippen molar-refractivity contribution in [2.24, 2.45) is 0 Å². The van der Waals surface area contributed by atoms with Crippen LogP contribution in [0.15, 0.2) is 38.0 Å². The van der Waals surface area contributed by atoms with Crippen LogP contribution in [0.25, 0.3) is 0 Å². The maximum Gasteiger partial charge on any atom is 0.190 e. The van der Waals surface area contributed by atoms with Gasteiger partial charge in [-0.1, -0.05) is 36.5 Å². The van der Waals surface area contributed by atoms with Crippen LogP contribution in [0.2, 0.25) is 0 Å². The SMILES string of the molecule is CCCNc1cc(Sc2cccs2)nc(SC)n1. The number of hydrogen-bond donors (Lipinski definition) is 1. The molecule has 2 rings (SSSR count). The van der Waals surface area contributed by atoms with Crippen LogP contribution in [-0.4, -0.2) is 22.8 Å². The van der Waals surface area contributed by atoms with Crippen LogP contribution in [0.5, 0.6) is 0 Å². The van der Waals surface area contributed by atoms with Crippen LogP contribution in [0.3, 0.4) is 0 Å². The number of thioether (sulfide) groups is 1. The van der Waals surface area contributed by atoms with Crippen molar-refractivity contribution in [1.29, 1.82) is 0 Å². The first kappa shape index (κ1) is 13.7. The minimum atomic E-state index is 0.815. The molecule has 0 aliphatic rings. The fraction of sp³-hybridized carbons (Fsp3) is 0.333. The minimum Gasteiger partial charge on any atom is -0.370 e. The van der Waals surface area contributed by atoms with Gasteiger partial charge in [-0.15, -0.1) is 11.3 Å². The van der Waals surface area contributed by atoms with E-state index in [4.69, 9.17) is 0 Å². The molecule has 2 aromatic heterocycles. The molecule has 0 aliphatic carbocycles. The van der Waals surface area contributed by atoms with Crippen LogP contribution in [0, 0.1) is 0 Å². The van der Waals surface area contributed by atoms with E-state index in [-0.39, 0.29) is 0 Å². The zero-order valence-corrected chi connectivity index (χ0v) is 12.8. The molecule has 0 amide bonds. The molecule has 3 nitrogen and oxygen atoms in total. The van der Waals surface area contributed by atoms with Gasteiger partial charge in [0.25, 0.3) is 0 Å². The second kappa shape index (κ2) is 7.01. The topological polar surface area (TPSA) is 37.8 Å². The highest BCUT2D eigenvalue weighted by Crippen LogP contribution is 2.31. The summed E-state index contributed by atoms with van der Waals surface area (Å²) in [5.74, 6) is 0.912. The molecule has 0 saturated heterocycles. The van der Waals surface area contributed by atoms with Crippen molar-refractivity contribution in [3.8, 4) is 0 Å². The van der Waals surface area contributed by atoms with Crippen molar-refractivity contribution in [1.82, 2.24) is 9.97 Å². The zero-order chi connectivity index (χ0) is 12.8. The summed E-state index contributed by atoms with van der Waals surface area (Å²) < 4.78 is 1.25. The van der Waals surface area contributed by atoms with Crippen LogP contribution in [0.4, 0.5) is 5.82 Å². The van der Waals surface area contributed by atoms with E-state index in [0.29, 0.717) is 0 Å². The Balaban J connectivity index is 2.17. The van der Waals surface area contributed by atoms with E-state index in [1.54, 1.807) is 34.9 Å². The van der Waals surface area contributed by atoms with E-state index in [0.717, 1.165) is 29.0 Å². The molecular formula is C12H15N3S3. The van der Waals surface area contributed by atoms with Gasteiger partial charge in [0.2, 0.25) is 0 Å². The average molecular weight is 297 g/mol. The van der Waals surface area contributed by atoms with Gasteiger partial charge in [-0.25, -0.2) is 9.97 Å². The van der Waals surface area contributed by atoms with Crippen molar-refractivity contribution in [2.75, 3.05) is 18.1 Å². The second-order valence-corrected chi connectivity index (χ2v) is 6.58. The van der Waals surface area contributed by atoms with Crippen LogP contribution >= 0.6 is 34.9 Å². The van der Waals surface area contributed by atoms with E-state index >= 15 is 0 Å². The highest BCUT2D eigenvalue weighted by atomic mass is 32.2. The molecule has 0 atom stereocenters. The number of anilines is 1. The normalized spacial score (nSPS) is 10.6. The number of hydrogen-bond acceptors (Lipinski definition) is 6. The average Bonchev–Trinajstić information content (AvgIpc) is 2.89. The van der Waals surface area contributed by atoms with Gasteiger partial charge in [0.15, 0.2) is 5.16 Å². The van der Waals surface area contributed by atoms with E-state index in [1.807, 2.05) is 12.3 Å². The smallest absolute Gasteiger partial charge is 0.190 e. The molecule has 0 saturated carbocycles. The summed E-state index contributed by atoms with van der Waals surface area (Å²) in [5, 5.41) is 7.20. The fourth-order valence-electron chi connectivity index (χ4n) is 1.32. The standard InChI is InChI=1S/C12H15N3S3/c1-3-6-13-9-8-10(15-12(14-9)16-2)18-11-5-4-7-17-11/h4-5,7-8H,3,6H2,1-2H3,(H,13,14,15). The van der Waals surface area contributed by atoms with Gasteiger partial charge >= 0.3 is 0 Å². The van der Waals surface area contributed by atoms with E-state index < -0.39 is 0 Å². The summed E-state index contributed by atoms with van der Waals surface area (Å²) in [7, 11) is 0. The predicted molar refractivity (Wildman–Crippen MR) is 81.0 cm³/mol. The van der Waals surface area contributed by atoms with Crippen molar-refractivity contribution < 1.29 is 0 Å². The number of aromatic nitrogens is 2. The summed E-state index contributed by atoms with van der Waals surface area (Å²) >= 11 is 4.99. The molecule has 0 aliphatic heterocycles. The summed E-state index contributed by atoms with van der Waals surface area (Å²) in [6, 6.07) is 6.18. The third kappa shape index (κ3) is 3.90. The highest BCUT2D eigenvalue weighted by molar-refractivity contribution is 8.01. The first-order chi connectivity index (χ1) is 8.81. The quantitative estimate of drug-likeness (QED) is 0.490. The fourth-order valence-corrected chi connectivity index (χ4v) is 3.47. The Bertz CT molecular complexity index is 485. The molecular weight excluding hydrogens is 282 g/mol. The van der Waals surface area contributed by atoms with Crippen molar-refractivity contribution in [3.05, 3.63) is 23.6 Å². The van der Waals surface area contributed by atoms with Crippen LogP contribution in [-0.2, 0) is 0 Å². The van der Waals surface area contributed by atoms with Crippen molar-refractivity contribution >= 4 is 40.7 Å². The first-order valence-electron chi connectivity index (χ1n) is 5.70. The molecule has 96 valence electrons. The molecule has 18 heavy (non-hydrogen) atoms. The highest BCUT2D eigenvalue weighted by Gasteiger charge is 2.06. The van der Waals surface area contributed by atoms with Crippen molar-refractivity contribution in [2.45, 2.75) is 27.7 Å². The lowest BCUT2D eigenvalue weighted by atomic mass is 10.4. The van der Waals surface area contributed by atoms with E-state index in [9.17, 15) is 0 Å². The van der Waals surface area contributed by atoms with Gasteiger partial charge in [0.05, 0.1) is 4.21 Å². The van der Waals surface area contributed by atoms with Gasteiger partial charge < -0.3 is 5.32 Å². The summed E-state index contributed by atoms with van der Waals surface area (Å²) in [6.45, 7) is 3.08. The lowest BCUT2D eigenvalue weighted by Crippen LogP contribution is -2.03. The molecule has 0 spiro atoms. The van der Waals surface area contributed by atoms with Crippen LogP contribution < -0.4 is 5.32 Å². The third-order valence-electron chi connectivity index (χ3n) is 2.12. The molecule has 0 radical (unpaired) electrons. The van der Waals surface area contributed by atoms with Gasteiger partial charge in [0, 0.05) is 12.6 Å². The number of rotatable bonds is 6. The molecule has 2 heterocycles. The van der Waals surface area contributed by atoms with Crippen molar-refractivity contribution in [3.63, 3.8) is 0 Å². The van der Waals surface area contributed by atoms with E-state index in [2.05, 4.69) is 39.7 Å². The van der Waals surface area contributed by atoms with E-state index in [1.165, 1.54) is 4.21 Å². The minimum absolute atomic E-state index is 0.815. The molecule has 0 fully saturated rings. The Morgan fingerprint density at radius 3 is 2.94 bits per heavy atom. The summed E-state index contributed by atoms with van der Waals surface area (Å²) in [5.41, 5.74) is 0. The predicted octanol–water partition coefficient (Wildman–Crippen LogP) is 4.23. The lowest BCUT2D eigenvalue weighted by Gasteiger charge is -2.07. The maximum absolute atomic E-state index is 4.52. The zero-order valence-electron chi connectivity index (χ0n) is 10.3. The number of nitrogens with one attached hydrogen (secondary N) is 1. The largest absolute Gasteiger partial charge is 0.370 e. The molecule has 2 aromatic rings. The Kier molecular flexibility index (Phi) is 5.34. The monoisotopic (exact) mass is 297 g/mol. The van der Waals surface area contributed by atoms with Gasteiger partial charge in [-0.2, -0.15) is 0 Å². The lowest BCUT2D eigenvalue weighted by molar-refractivity contribution is 0.879. The van der Waals surface area contributed by atoms with Gasteiger partial charge in [0.1, 0.15) is 10.8 Å². The Morgan fingerprint density at radius 1 is 1.39 bits per heavy atom. The Morgan fingerprint density at radius 2 is 2.28 bits per heavy atom.